The highest BCUT2D eigenvalue weighted by molar-refractivity contribution is 7.92. The first-order valence-electron chi connectivity index (χ1n) is 7.23. The summed E-state index contributed by atoms with van der Waals surface area (Å²) in [4.78, 5) is 0.274. The number of hydrogen-bond acceptors (Lipinski definition) is 3. The van der Waals surface area contributed by atoms with Crippen molar-refractivity contribution in [1.82, 2.24) is 0 Å². The van der Waals surface area contributed by atoms with Crippen molar-refractivity contribution in [3.8, 4) is 5.75 Å². The van der Waals surface area contributed by atoms with E-state index in [1.165, 1.54) is 0 Å². The van der Waals surface area contributed by atoms with Crippen LogP contribution in [0.2, 0.25) is 0 Å². The Kier molecular flexibility index (Phi) is 3.60. The summed E-state index contributed by atoms with van der Waals surface area (Å²) < 4.78 is 33.4. The Morgan fingerprint density at radius 2 is 1.73 bits per heavy atom. The average Bonchev–Trinajstić information content (AvgIpc) is 2.90. The van der Waals surface area contributed by atoms with Gasteiger partial charge in [-0.15, -0.1) is 0 Å². The van der Waals surface area contributed by atoms with Crippen LogP contribution in [0.3, 0.4) is 0 Å². The number of rotatable bonds is 3. The molecular weight excluding hydrogens is 298 g/mol. The molecule has 0 radical (unpaired) electrons. The SMILES string of the molecule is Cc1cc(C)c(NS(=O)(=O)c2ccc3c(c2)CCO3)c(C)c1. The Balaban J connectivity index is 1.98. The molecule has 0 aliphatic carbocycles. The fourth-order valence-electron chi connectivity index (χ4n) is 2.86. The van der Waals surface area contributed by atoms with Crippen molar-refractivity contribution in [2.24, 2.45) is 0 Å². The number of aryl methyl sites for hydroxylation is 3. The lowest BCUT2D eigenvalue weighted by molar-refractivity contribution is 0.356. The number of hydrogen-bond donors (Lipinski definition) is 1. The first-order chi connectivity index (χ1) is 10.4. The Morgan fingerprint density at radius 3 is 2.41 bits per heavy atom. The molecule has 1 aliphatic heterocycles. The molecule has 0 bridgehead atoms. The van der Waals surface area contributed by atoms with Crippen LogP contribution >= 0.6 is 0 Å². The van der Waals surface area contributed by atoms with Crippen LogP contribution in [-0.2, 0) is 16.4 Å². The summed E-state index contributed by atoms with van der Waals surface area (Å²) in [7, 11) is -3.60. The molecule has 2 aromatic carbocycles. The second-order valence-corrected chi connectivity index (χ2v) is 7.43. The lowest BCUT2D eigenvalue weighted by Crippen LogP contribution is -2.15. The Morgan fingerprint density at radius 1 is 1.05 bits per heavy atom. The van der Waals surface area contributed by atoms with E-state index >= 15 is 0 Å². The standard InChI is InChI=1S/C17H19NO3S/c1-11-8-12(2)17(13(3)9-11)18-22(19,20)15-4-5-16-14(10-15)6-7-21-16/h4-5,8-10,18H,6-7H2,1-3H3. The van der Waals surface area contributed by atoms with Gasteiger partial charge in [0.2, 0.25) is 0 Å². The maximum atomic E-state index is 12.6. The molecule has 0 atom stereocenters. The monoisotopic (exact) mass is 317 g/mol. The van der Waals surface area contributed by atoms with E-state index in [9.17, 15) is 8.42 Å². The molecular formula is C17H19NO3S. The van der Waals surface area contributed by atoms with Crippen LogP contribution in [0.1, 0.15) is 22.3 Å². The highest BCUT2D eigenvalue weighted by Crippen LogP contribution is 2.30. The smallest absolute Gasteiger partial charge is 0.261 e. The van der Waals surface area contributed by atoms with Gasteiger partial charge in [-0.25, -0.2) is 8.42 Å². The normalized spacial score (nSPS) is 13.6. The van der Waals surface area contributed by atoms with Crippen LogP contribution in [0.4, 0.5) is 5.69 Å². The van der Waals surface area contributed by atoms with Crippen LogP contribution in [0.25, 0.3) is 0 Å². The number of anilines is 1. The predicted octanol–water partition coefficient (Wildman–Crippen LogP) is 3.35. The third-order valence-corrected chi connectivity index (χ3v) is 5.23. The third kappa shape index (κ3) is 2.68. The molecule has 2 aromatic rings. The summed E-state index contributed by atoms with van der Waals surface area (Å²) in [5.41, 5.74) is 4.56. The molecule has 22 heavy (non-hydrogen) atoms. The highest BCUT2D eigenvalue weighted by Gasteiger charge is 2.20. The summed E-state index contributed by atoms with van der Waals surface area (Å²) in [6.45, 7) is 6.43. The Hall–Kier alpha value is -2.01. The van der Waals surface area contributed by atoms with Gasteiger partial charge in [0, 0.05) is 6.42 Å². The molecule has 1 aliphatic rings. The first kappa shape index (κ1) is 14.9. The van der Waals surface area contributed by atoms with Gasteiger partial charge in [-0.3, -0.25) is 4.72 Å². The summed E-state index contributed by atoms with van der Waals surface area (Å²) in [6.07, 6.45) is 0.751. The summed E-state index contributed by atoms with van der Waals surface area (Å²) in [5, 5.41) is 0. The first-order valence-corrected chi connectivity index (χ1v) is 8.71. The van der Waals surface area contributed by atoms with Crippen molar-refractivity contribution in [1.29, 1.82) is 0 Å². The van der Waals surface area contributed by atoms with Gasteiger partial charge >= 0.3 is 0 Å². The van der Waals surface area contributed by atoms with E-state index in [4.69, 9.17) is 4.74 Å². The third-order valence-electron chi connectivity index (χ3n) is 3.88. The quantitative estimate of drug-likeness (QED) is 0.944. The zero-order valence-electron chi connectivity index (χ0n) is 12.9. The molecule has 5 heteroatoms. The van der Waals surface area contributed by atoms with Crippen LogP contribution in [0.5, 0.6) is 5.75 Å². The molecule has 0 unspecified atom stereocenters. The molecule has 116 valence electrons. The van der Waals surface area contributed by atoms with Gasteiger partial charge in [0.1, 0.15) is 5.75 Å². The zero-order chi connectivity index (χ0) is 15.9. The van der Waals surface area contributed by atoms with E-state index in [0.717, 1.165) is 34.4 Å². The molecule has 0 spiro atoms. The maximum absolute atomic E-state index is 12.6. The molecule has 4 nitrogen and oxygen atoms in total. The van der Waals surface area contributed by atoms with Gasteiger partial charge in [-0.2, -0.15) is 0 Å². The number of sulfonamides is 1. The fraction of sp³-hybridized carbons (Fsp3) is 0.294. The molecule has 0 fully saturated rings. The van der Waals surface area contributed by atoms with E-state index in [1.807, 2.05) is 32.9 Å². The summed E-state index contributed by atoms with van der Waals surface area (Å²) >= 11 is 0. The number of fused-ring (bicyclic) bond motifs is 1. The topological polar surface area (TPSA) is 55.4 Å². The molecule has 1 N–H and O–H groups in total. The minimum atomic E-state index is -3.60. The molecule has 1 heterocycles. The van der Waals surface area contributed by atoms with Crippen LogP contribution < -0.4 is 9.46 Å². The van der Waals surface area contributed by atoms with E-state index in [-0.39, 0.29) is 4.90 Å². The number of nitrogens with one attached hydrogen (secondary N) is 1. The molecule has 0 aromatic heterocycles. The number of ether oxygens (including phenoxy) is 1. The van der Waals surface area contributed by atoms with Gasteiger partial charge < -0.3 is 4.74 Å². The minimum Gasteiger partial charge on any atom is -0.493 e. The van der Waals surface area contributed by atoms with Crippen molar-refractivity contribution in [2.75, 3.05) is 11.3 Å². The second kappa shape index (κ2) is 5.32. The van der Waals surface area contributed by atoms with Crippen molar-refractivity contribution < 1.29 is 13.2 Å². The largest absolute Gasteiger partial charge is 0.493 e. The fourth-order valence-corrected chi connectivity index (χ4v) is 4.12. The average molecular weight is 317 g/mol. The van der Waals surface area contributed by atoms with E-state index in [1.54, 1.807) is 18.2 Å². The summed E-state index contributed by atoms with van der Waals surface area (Å²) in [5.74, 6) is 0.779. The second-order valence-electron chi connectivity index (χ2n) is 5.75. The summed E-state index contributed by atoms with van der Waals surface area (Å²) in [6, 6.07) is 8.96. The van der Waals surface area contributed by atoms with E-state index < -0.39 is 10.0 Å². The van der Waals surface area contributed by atoms with Crippen molar-refractivity contribution >= 4 is 15.7 Å². The maximum Gasteiger partial charge on any atom is 0.261 e. The lowest BCUT2D eigenvalue weighted by Gasteiger charge is -2.14. The van der Waals surface area contributed by atoms with Crippen molar-refractivity contribution in [3.63, 3.8) is 0 Å². The zero-order valence-corrected chi connectivity index (χ0v) is 13.8. The Labute approximate surface area is 131 Å². The van der Waals surface area contributed by atoms with Crippen LogP contribution in [-0.4, -0.2) is 15.0 Å². The molecule has 0 saturated heterocycles. The predicted molar refractivity (Wildman–Crippen MR) is 87.1 cm³/mol. The van der Waals surface area contributed by atoms with E-state index in [2.05, 4.69) is 4.72 Å². The van der Waals surface area contributed by atoms with Crippen LogP contribution in [0, 0.1) is 20.8 Å². The van der Waals surface area contributed by atoms with Crippen molar-refractivity contribution in [2.45, 2.75) is 32.1 Å². The van der Waals surface area contributed by atoms with Gasteiger partial charge in [-0.1, -0.05) is 17.7 Å². The van der Waals surface area contributed by atoms with Gasteiger partial charge in [0.05, 0.1) is 17.2 Å². The number of benzene rings is 2. The Bertz CT molecular complexity index is 818. The van der Waals surface area contributed by atoms with Gasteiger partial charge in [0.15, 0.2) is 0 Å². The minimum absolute atomic E-state index is 0.274. The van der Waals surface area contributed by atoms with E-state index in [0.29, 0.717) is 12.3 Å². The lowest BCUT2D eigenvalue weighted by atomic mass is 10.1. The molecule has 0 amide bonds. The van der Waals surface area contributed by atoms with Gasteiger partial charge in [-0.05, 0) is 55.7 Å². The molecule has 0 saturated carbocycles. The van der Waals surface area contributed by atoms with Crippen molar-refractivity contribution in [3.05, 3.63) is 52.6 Å². The van der Waals surface area contributed by atoms with Gasteiger partial charge in [0.25, 0.3) is 10.0 Å². The van der Waals surface area contributed by atoms with Crippen LogP contribution in [0.15, 0.2) is 35.2 Å². The highest BCUT2D eigenvalue weighted by atomic mass is 32.2. The molecule has 3 rings (SSSR count).